The highest BCUT2D eigenvalue weighted by Gasteiger charge is 2.29. The van der Waals surface area contributed by atoms with Crippen molar-refractivity contribution in [3.8, 4) is 39.9 Å². The Labute approximate surface area is 256 Å². The molecular formula is C33H39N3O8. The molecule has 0 bridgehead atoms. The lowest BCUT2D eigenvalue weighted by atomic mass is 9.95. The van der Waals surface area contributed by atoms with E-state index in [0.29, 0.717) is 52.7 Å². The first-order chi connectivity index (χ1) is 21.2. The summed E-state index contributed by atoms with van der Waals surface area (Å²) in [6.45, 7) is 3.60. The number of rotatable bonds is 12. The minimum absolute atomic E-state index is 0.216. The van der Waals surface area contributed by atoms with Crippen molar-refractivity contribution in [1.82, 2.24) is 10.6 Å². The summed E-state index contributed by atoms with van der Waals surface area (Å²) < 4.78 is 28.0. The maximum atomic E-state index is 13.5. The van der Waals surface area contributed by atoms with Gasteiger partial charge in [0.2, 0.25) is 23.0 Å². The molecule has 11 nitrogen and oxygen atoms in total. The lowest BCUT2D eigenvalue weighted by molar-refractivity contribution is -0.121. The van der Waals surface area contributed by atoms with Crippen LogP contribution in [0.5, 0.6) is 28.7 Å². The Kier molecular flexibility index (Phi) is 10.5. The van der Waals surface area contributed by atoms with E-state index in [2.05, 4.69) is 16.0 Å². The number of ether oxygens (including phenoxy) is 5. The van der Waals surface area contributed by atoms with E-state index in [1.165, 1.54) is 20.1 Å². The summed E-state index contributed by atoms with van der Waals surface area (Å²) >= 11 is 0. The SMILES string of the molecule is COc1ccccc1OCCNC(=O)C(C)Nc1ccc2c(cc1=O)C(NC(C)=O)CCc1cc(OC)c(OC)c(OC)c1-2. The van der Waals surface area contributed by atoms with E-state index >= 15 is 0 Å². The van der Waals surface area contributed by atoms with Gasteiger partial charge in [0.15, 0.2) is 23.0 Å². The Morgan fingerprint density at radius 2 is 1.61 bits per heavy atom. The second kappa shape index (κ2) is 14.5. The van der Waals surface area contributed by atoms with Crippen molar-refractivity contribution >= 4 is 17.5 Å². The molecule has 234 valence electrons. The van der Waals surface area contributed by atoms with Gasteiger partial charge in [-0.05, 0) is 66.8 Å². The van der Waals surface area contributed by atoms with E-state index in [4.69, 9.17) is 23.7 Å². The molecule has 0 saturated heterocycles. The molecule has 1 aliphatic carbocycles. The van der Waals surface area contributed by atoms with Gasteiger partial charge in [-0.2, -0.15) is 0 Å². The minimum atomic E-state index is -0.728. The van der Waals surface area contributed by atoms with Gasteiger partial charge < -0.3 is 39.6 Å². The van der Waals surface area contributed by atoms with E-state index < -0.39 is 12.1 Å². The Bertz CT molecular complexity index is 1580. The predicted octanol–water partition coefficient (Wildman–Crippen LogP) is 3.87. The molecule has 11 heteroatoms. The van der Waals surface area contributed by atoms with Crippen LogP contribution in [0.25, 0.3) is 11.1 Å². The summed E-state index contributed by atoms with van der Waals surface area (Å²) in [6, 6.07) is 12.9. The van der Waals surface area contributed by atoms with Crippen molar-refractivity contribution in [3.63, 3.8) is 0 Å². The van der Waals surface area contributed by atoms with Crippen molar-refractivity contribution in [1.29, 1.82) is 0 Å². The van der Waals surface area contributed by atoms with Crippen LogP contribution in [0.3, 0.4) is 0 Å². The van der Waals surface area contributed by atoms with Gasteiger partial charge in [0.1, 0.15) is 12.6 Å². The fourth-order valence-corrected chi connectivity index (χ4v) is 5.35. The number of nitrogens with one attached hydrogen (secondary N) is 3. The fraction of sp³-hybridized carbons (Fsp3) is 0.364. The zero-order chi connectivity index (χ0) is 31.8. The number of methoxy groups -OCH3 is 4. The fourth-order valence-electron chi connectivity index (χ4n) is 5.35. The van der Waals surface area contributed by atoms with Gasteiger partial charge in [-0.1, -0.05) is 18.2 Å². The van der Waals surface area contributed by atoms with Gasteiger partial charge in [0.05, 0.1) is 46.7 Å². The van der Waals surface area contributed by atoms with Crippen LogP contribution in [0.1, 0.15) is 37.4 Å². The third-order valence-corrected chi connectivity index (χ3v) is 7.41. The molecule has 0 aliphatic heterocycles. The minimum Gasteiger partial charge on any atom is -0.493 e. The van der Waals surface area contributed by atoms with Crippen molar-refractivity contribution < 1.29 is 33.3 Å². The second-order valence-electron chi connectivity index (χ2n) is 10.3. The predicted molar refractivity (Wildman–Crippen MR) is 167 cm³/mol. The van der Waals surface area contributed by atoms with Crippen LogP contribution in [0, 0.1) is 0 Å². The molecule has 2 amide bonds. The average Bonchev–Trinajstić information content (AvgIpc) is 3.26. The van der Waals surface area contributed by atoms with Crippen LogP contribution >= 0.6 is 0 Å². The van der Waals surface area contributed by atoms with E-state index in [-0.39, 0.29) is 36.1 Å². The molecule has 3 aromatic rings. The summed E-state index contributed by atoms with van der Waals surface area (Å²) in [4.78, 5) is 38.6. The van der Waals surface area contributed by atoms with Gasteiger partial charge >= 0.3 is 0 Å². The third kappa shape index (κ3) is 6.99. The van der Waals surface area contributed by atoms with Crippen LogP contribution in [-0.2, 0) is 16.0 Å². The molecule has 0 fully saturated rings. The highest BCUT2D eigenvalue weighted by Crippen LogP contribution is 2.50. The number of aryl methyl sites for hydroxylation is 1. The van der Waals surface area contributed by atoms with Crippen molar-refractivity contribution in [2.24, 2.45) is 0 Å². The van der Waals surface area contributed by atoms with Crippen LogP contribution in [0.15, 0.2) is 53.3 Å². The summed E-state index contributed by atoms with van der Waals surface area (Å²) in [5.41, 5.74) is 2.90. The van der Waals surface area contributed by atoms with Gasteiger partial charge in [-0.3, -0.25) is 14.4 Å². The summed E-state index contributed by atoms with van der Waals surface area (Å²) in [5.74, 6) is 2.06. The standard InChI is InChI=1S/C33H39N3O8/c1-19(33(39)34-15-16-44-28-10-8-7-9-27(28)40-3)35-25-14-12-22-23(18-26(25)38)24(36-20(2)37)13-11-21-17-29(41-4)31(42-5)32(43-6)30(21)22/h7-10,12,14,17-19,24H,11,13,15-16H2,1-6H3,(H,34,39)(H,35,38)(H,36,37). The summed E-state index contributed by atoms with van der Waals surface area (Å²) in [6.07, 6.45) is 1.13. The van der Waals surface area contributed by atoms with Crippen molar-refractivity contribution in [2.45, 2.75) is 38.8 Å². The van der Waals surface area contributed by atoms with Gasteiger partial charge in [0, 0.05) is 12.5 Å². The number of fused-ring (bicyclic) bond motifs is 3. The normalized spacial score (nSPS) is 14.1. The zero-order valence-corrected chi connectivity index (χ0v) is 25.9. The molecule has 2 atom stereocenters. The lowest BCUT2D eigenvalue weighted by Gasteiger charge is -2.19. The van der Waals surface area contributed by atoms with Crippen LogP contribution in [0.2, 0.25) is 0 Å². The highest BCUT2D eigenvalue weighted by atomic mass is 16.5. The van der Waals surface area contributed by atoms with Crippen LogP contribution in [0.4, 0.5) is 5.69 Å². The number of benzene rings is 2. The molecule has 0 heterocycles. The molecule has 2 unspecified atom stereocenters. The molecule has 1 aliphatic rings. The Hall–Kier alpha value is -4.93. The molecule has 4 rings (SSSR count). The third-order valence-electron chi connectivity index (χ3n) is 7.41. The number of hydrogen-bond donors (Lipinski definition) is 3. The first-order valence-corrected chi connectivity index (χ1v) is 14.3. The van der Waals surface area contributed by atoms with Crippen molar-refractivity contribution in [3.05, 3.63) is 69.9 Å². The number of hydrogen-bond acceptors (Lipinski definition) is 9. The molecule has 3 N–H and O–H groups in total. The van der Waals surface area contributed by atoms with E-state index in [9.17, 15) is 14.4 Å². The highest BCUT2D eigenvalue weighted by molar-refractivity contribution is 5.85. The molecule has 0 spiro atoms. The maximum Gasteiger partial charge on any atom is 0.242 e. The topological polar surface area (TPSA) is 133 Å². The van der Waals surface area contributed by atoms with E-state index in [1.54, 1.807) is 52.5 Å². The summed E-state index contributed by atoms with van der Waals surface area (Å²) in [5, 5.41) is 8.86. The maximum absolute atomic E-state index is 13.5. The van der Waals surface area contributed by atoms with Gasteiger partial charge in [-0.15, -0.1) is 0 Å². The number of para-hydroxylation sites is 2. The smallest absolute Gasteiger partial charge is 0.242 e. The average molecular weight is 606 g/mol. The van der Waals surface area contributed by atoms with Crippen LogP contribution < -0.4 is 45.1 Å². The quantitative estimate of drug-likeness (QED) is 0.263. The molecule has 0 saturated carbocycles. The zero-order valence-electron chi connectivity index (χ0n) is 25.9. The number of carbonyl (C=O) groups is 2. The van der Waals surface area contributed by atoms with Gasteiger partial charge in [0.25, 0.3) is 0 Å². The second-order valence-corrected chi connectivity index (χ2v) is 10.3. The Morgan fingerprint density at radius 3 is 2.27 bits per heavy atom. The number of amides is 2. The number of carbonyl (C=O) groups excluding carboxylic acids is 2. The Balaban J connectivity index is 1.62. The molecule has 44 heavy (non-hydrogen) atoms. The lowest BCUT2D eigenvalue weighted by Crippen LogP contribution is -2.40. The first-order valence-electron chi connectivity index (χ1n) is 14.3. The van der Waals surface area contributed by atoms with Crippen LogP contribution in [-0.4, -0.2) is 59.4 Å². The Morgan fingerprint density at radius 1 is 0.909 bits per heavy atom. The number of anilines is 1. The molecule has 3 aromatic carbocycles. The molecular weight excluding hydrogens is 566 g/mol. The van der Waals surface area contributed by atoms with Gasteiger partial charge in [-0.25, -0.2) is 0 Å². The monoisotopic (exact) mass is 605 g/mol. The van der Waals surface area contributed by atoms with E-state index in [0.717, 1.165) is 11.1 Å². The summed E-state index contributed by atoms with van der Waals surface area (Å²) in [7, 11) is 6.20. The molecule has 0 radical (unpaired) electrons. The van der Waals surface area contributed by atoms with E-state index in [1.807, 2.05) is 18.2 Å². The first kappa shape index (κ1) is 32.0. The van der Waals surface area contributed by atoms with Crippen molar-refractivity contribution in [2.75, 3.05) is 46.9 Å². The largest absolute Gasteiger partial charge is 0.493 e. The molecule has 0 aromatic heterocycles.